The maximum atomic E-state index is 12.5. The minimum atomic E-state index is -0.384. The van der Waals surface area contributed by atoms with Gasteiger partial charge in [-0.1, -0.05) is 42.1 Å². The third-order valence-corrected chi connectivity index (χ3v) is 4.58. The van der Waals surface area contributed by atoms with E-state index in [1.54, 1.807) is 18.2 Å². The van der Waals surface area contributed by atoms with E-state index in [-0.39, 0.29) is 45.9 Å². The van der Waals surface area contributed by atoms with Crippen LogP contribution in [0.2, 0.25) is 10.0 Å². The van der Waals surface area contributed by atoms with Gasteiger partial charge in [0, 0.05) is 6.04 Å². The van der Waals surface area contributed by atoms with Crippen molar-refractivity contribution >= 4 is 35.0 Å². The summed E-state index contributed by atoms with van der Waals surface area (Å²) in [5, 5.41) is 14.6. The van der Waals surface area contributed by atoms with Gasteiger partial charge in [0.2, 0.25) is 5.91 Å². The molecule has 0 spiro atoms. The maximum Gasteiger partial charge on any atom is 0.254 e. The molecule has 2 N–H and O–H groups in total. The summed E-state index contributed by atoms with van der Waals surface area (Å²) >= 11 is 12.1. The molecule has 1 aliphatic rings. The molecule has 0 bridgehead atoms. The highest BCUT2D eigenvalue weighted by Gasteiger charge is 2.32. The van der Waals surface area contributed by atoms with Crippen LogP contribution in [0.15, 0.2) is 18.2 Å². The molecule has 1 saturated carbocycles. The SMILES string of the molecule is N#CCNC(=O)[C@H]1CCCC[C@H]1NC(=O)c1c(Cl)cccc1Cl. The molecule has 0 unspecified atom stereocenters. The van der Waals surface area contributed by atoms with Gasteiger partial charge in [-0.15, -0.1) is 0 Å². The van der Waals surface area contributed by atoms with Crippen molar-refractivity contribution in [2.24, 2.45) is 5.92 Å². The molecule has 0 aromatic heterocycles. The summed E-state index contributed by atoms with van der Waals surface area (Å²) in [6.45, 7) is -0.0354. The molecule has 7 heteroatoms. The number of hydrogen-bond acceptors (Lipinski definition) is 3. The first-order valence-electron chi connectivity index (χ1n) is 7.44. The van der Waals surface area contributed by atoms with Crippen LogP contribution in [0, 0.1) is 17.2 Å². The molecular formula is C16H17Cl2N3O2. The monoisotopic (exact) mass is 353 g/mol. The zero-order chi connectivity index (χ0) is 16.8. The van der Waals surface area contributed by atoms with Crippen LogP contribution >= 0.6 is 23.2 Å². The van der Waals surface area contributed by atoms with Gasteiger partial charge in [0.05, 0.1) is 27.6 Å². The van der Waals surface area contributed by atoms with Crippen LogP contribution in [0.3, 0.4) is 0 Å². The first-order chi connectivity index (χ1) is 11.0. The fourth-order valence-corrected chi connectivity index (χ4v) is 3.40. The molecule has 2 atom stereocenters. The van der Waals surface area contributed by atoms with Gasteiger partial charge in [0.1, 0.15) is 6.54 Å². The van der Waals surface area contributed by atoms with E-state index in [1.807, 2.05) is 6.07 Å². The van der Waals surface area contributed by atoms with Crippen LogP contribution < -0.4 is 10.6 Å². The normalized spacial score (nSPS) is 20.4. The number of amides is 2. The molecule has 0 aliphatic heterocycles. The van der Waals surface area contributed by atoms with Gasteiger partial charge < -0.3 is 10.6 Å². The lowest BCUT2D eigenvalue weighted by Crippen LogP contribution is -2.48. The second-order valence-electron chi connectivity index (χ2n) is 5.44. The first kappa shape index (κ1) is 17.6. The Hall–Kier alpha value is -1.77. The van der Waals surface area contributed by atoms with Crippen molar-refractivity contribution in [1.82, 2.24) is 10.6 Å². The lowest BCUT2D eigenvalue weighted by atomic mass is 9.83. The summed E-state index contributed by atoms with van der Waals surface area (Å²) in [4.78, 5) is 24.6. The molecule has 1 aromatic carbocycles. The van der Waals surface area contributed by atoms with Crippen LogP contribution in [-0.4, -0.2) is 24.4 Å². The number of carbonyl (C=O) groups is 2. The molecule has 1 aliphatic carbocycles. The molecule has 5 nitrogen and oxygen atoms in total. The second-order valence-corrected chi connectivity index (χ2v) is 6.26. The van der Waals surface area contributed by atoms with Gasteiger partial charge in [0.15, 0.2) is 0 Å². The minimum Gasteiger partial charge on any atom is -0.348 e. The molecular weight excluding hydrogens is 337 g/mol. The minimum absolute atomic E-state index is 0.0354. The molecule has 1 fully saturated rings. The summed E-state index contributed by atoms with van der Waals surface area (Å²) in [5.41, 5.74) is 0.220. The van der Waals surface area contributed by atoms with Gasteiger partial charge in [-0.25, -0.2) is 0 Å². The Morgan fingerprint density at radius 3 is 2.52 bits per heavy atom. The summed E-state index contributed by atoms with van der Waals surface area (Å²) in [5.74, 6) is -0.935. The molecule has 0 radical (unpaired) electrons. The predicted octanol–water partition coefficient (Wildman–Crippen LogP) is 2.92. The topological polar surface area (TPSA) is 82.0 Å². The van der Waals surface area contributed by atoms with Crippen LogP contribution in [0.4, 0.5) is 0 Å². The van der Waals surface area contributed by atoms with Crippen LogP contribution in [0.25, 0.3) is 0 Å². The maximum absolute atomic E-state index is 12.5. The Morgan fingerprint density at radius 1 is 1.22 bits per heavy atom. The largest absolute Gasteiger partial charge is 0.348 e. The highest BCUT2D eigenvalue weighted by molar-refractivity contribution is 6.39. The van der Waals surface area contributed by atoms with E-state index < -0.39 is 0 Å². The van der Waals surface area contributed by atoms with E-state index in [0.717, 1.165) is 12.8 Å². The summed E-state index contributed by atoms with van der Waals surface area (Å²) in [6, 6.07) is 6.45. The Labute approximate surface area is 144 Å². The lowest BCUT2D eigenvalue weighted by molar-refractivity contribution is -0.126. The number of hydrogen-bond donors (Lipinski definition) is 2. The molecule has 0 heterocycles. The lowest BCUT2D eigenvalue weighted by Gasteiger charge is -2.31. The molecule has 1 aromatic rings. The van der Waals surface area contributed by atoms with Gasteiger partial charge in [-0.2, -0.15) is 5.26 Å². The fourth-order valence-electron chi connectivity index (χ4n) is 2.83. The van der Waals surface area contributed by atoms with E-state index in [1.165, 1.54) is 0 Å². The Morgan fingerprint density at radius 2 is 1.87 bits per heavy atom. The smallest absolute Gasteiger partial charge is 0.254 e. The number of nitriles is 1. The molecule has 0 saturated heterocycles. The average Bonchev–Trinajstić information content (AvgIpc) is 2.53. The van der Waals surface area contributed by atoms with Gasteiger partial charge in [-0.3, -0.25) is 9.59 Å². The van der Waals surface area contributed by atoms with Crippen molar-refractivity contribution < 1.29 is 9.59 Å². The van der Waals surface area contributed by atoms with E-state index in [2.05, 4.69) is 10.6 Å². The number of nitrogens with zero attached hydrogens (tertiary/aromatic N) is 1. The summed E-state index contributed by atoms with van der Waals surface area (Å²) in [6.07, 6.45) is 3.24. The molecule has 122 valence electrons. The first-order valence-corrected chi connectivity index (χ1v) is 8.19. The van der Waals surface area contributed by atoms with Gasteiger partial charge >= 0.3 is 0 Å². The average molecular weight is 354 g/mol. The van der Waals surface area contributed by atoms with Crippen molar-refractivity contribution in [2.75, 3.05) is 6.54 Å². The quantitative estimate of drug-likeness (QED) is 0.816. The predicted molar refractivity (Wildman–Crippen MR) is 88.3 cm³/mol. The number of nitrogens with one attached hydrogen (secondary N) is 2. The Kier molecular flexibility index (Phi) is 6.26. The van der Waals surface area contributed by atoms with Crippen molar-refractivity contribution in [3.05, 3.63) is 33.8 Å². The number of carbonyl (C=O) groups excluding carboxylic acids is 2. The van der Waals surface area contributed by atoms with Crippen LogP contribution in [0.5, 0.6) is 0 Å². The van der Waals surface area contributed by atoms with E-state index in [4.69, 9.17) is 28.5 Å². The van der Waals surface area contributed by atoms with E-state index in [0.29, 0.717) is 12.8 Å². The zero-order valence-electron chi connectivity index (χ0n) is 12.4. The number of benzene rings is 1. The van der Waals surface area contributed by atoms with Gasteiger partial charge in [-0.05, 0) is 25.0 Å². The zero-order valence-corrected chi connectivity index (χ0v) is 14.0. The van der Waals surface area contributed by atoms with Crippen molar-refractivity contribution in [1.29, 1.82) is 5.26 Å². The van der Waals surface area contributed by atoms with E-state index >= 15 is 0 Å². The Bertz CT molecular complexity index is 622. The number of halogens is 2. The fraction of sp³-hybridized carbons (Fsp3) is 0.438. The van der Waals surface area contributed by atoms with E-state index in [9.17, 15) is 9.59 Å². The highest BCUT2D eigenvalue weighted by atomic mass is 35.5. The summed E-state index contributed by atoms with van der Waals surface area (Å²) < 4.78 is 0. The summed E-state index contributed by atoms with van der Waals surface area (Å²) in [7, 11) is 0. The highest BCUT2D eigenvalue weighted by Crippen LogP contribution is 2.27. The molecule has 2 amide bonds. The number of rotatable bonds is 4. The Balaban J connectivity index is 2.11. The van der Waals surface area contributed by atoms with Crippen molar-refractivity contribution in [2.45, 2.75) is 31.7 Å². The molecule has 23 heavy (non-hydrogen) atoms. The van der Waals surface area contributed by atoms with Crippen molar-refractivity contribution in [3.8, 4) is 6.07 Å². The van der Waals surface area contributed by atoms with Crippen molar-refractivity contribution in [3.63, 3.8) is 0 Å². The standard InChI is InChI=1S/C16H17Cl2N3O2/c17-11-5-3-6-12(18)14(11)16(23)21-13-7-2-1-4-10(13)15(22)20-9-8-19/h3,5-6,10,13H,1-2,4,7,9H2,(H,20,22)(H,21,23)/t10-,13+/m0/s1. The second kappa shape index (κ2) is 8.19. The molecule has 2 rings (SSSR count). The van der Waals surface area contributed by atoms with Crippen LogP contribution in [0.1, 0.15) is 36.0 Å². The third-order valence-electron chi connectivity index (χ3n) is 3.95. The van der Waals surface area contributed by atoms with Crippen LogP contribution in [-0.2, 0) is 4.79 Å². The van der Waals surface area contributed by atoms with Gasteiger partial charge in [0.25, 0.3) is 5.91 Å². The third kappa shape index (κ3) is 4.37.